The van der Waals surface area contributed by atoms with Crippen molar-refractivity contribution in [3.8, 4) is 0 Å². The second-order valence-electron chi connectivity index (χ2n) is 11.6. The minimum absolute atomic E-state index is 0.382. The number of hydrogen-bond acceptors (Lipinski definition) is 1. The zero-order valence-electron chi connectivity index (χ0n) is 18.5. The molecule has 8 atom stereocenters. The average Bonchev–Trinajstić information content (AvgIpc) is 3.01. The van der Waals surface area contributed by atoms with E-state index in [1.165, 1.54) is 64.2 Å². The molecule has 0 heterocycles. The number of unbranched alkanes of at least 4 members (excludes halogenated alkanes) is 2. The van der Waals surface area contributed by atoms with Gasteiger partial charge in [-0.1, -0.05) is 46.5 Å². The van der Waals surface area contributed by atoms with E-state index in [0.29, 0.717) is 17.4 Å². The second kappa shape index (κ2) is 8.00. The minimum atomic E-state index is 0.382. The Bertz CT molecular complexity index is 500. The highest BCUT2D eigenvalue weighted by molar-refractivity contribution is 5.08. The average molecular weight is 375 g/mol. The third kappa shape index (κ3) is 3.43. The molecule has 4 fully saturated rings. The first-order valence-electron chi connectivity index (χ1n) is 12.6. The maximum atomic E-state index is 9.02. The number of fused-ring (bicyclic) bond motifs is 5. The monoisotopic (exact) mass is 374 g/mol. The van der Waals surface area contributed by atoms with Gasteiger partial charge >= 0.3 is 0 Å². The summed E-state index contributed by atoms with van der Waals surface area (Å²) in [5, 5.41) is 9.02. The predicted octanol–water partition coefficient (Wildman–Crippen LogP) is 7.22. The Morgan fingerprint density at radius 1 is 0.815 bits per heavy atom. The zero-order chi connectivity index (χ0) is 19.1. The summed E-state index contributed by atoms with van der Waals surface area (Å²) < 4.78 is 0. The fourth-order valence-corrected chi connectivity index (χ4v) is 9.11. The molecule has 156 valence electrons. The van der Waals surface area contributed by atoms with E-state index in [2.05, 4.69) is 20.8 Å². The number of hydrogen-bond donors (Lipinski definition) is 1. The molecule has 0 aliphatic heterocycles. The summed E-state index contributed by atoms with van der Waals surface area (Å²) in [6.45, 7) is 8.25. The highest BCUT2D eigenvalue weighted by Crippen LogP contribution is 2.68. The summed E-state index contributed by atoms with van der Waals surface area (Å²) in [4.78, 5) is 0. The van der Waals surface area contributed by atoms with E-state index in [9.17, 15) is 0 Å². The van der Waals surface area contributed by atoms with Crippen molar-refractivity contribution < 1.29 is 5.11 Å². The Kier molecular flexibility index (Phi) is 6.00. The first-order valence-corrected chi connectivity index (χ1v) is 12.6. The molecule has 0 radical (unpaired) electrons. The molecule has 4 aliphatic rings. The lowest BCUT2D eigenvalue weighted by Crippen LogP contribution is -2.53. The van der Waals surface area contributed by atoms with Crippen molar-refractivity contribution in [3.63, 3.8) is 0 Å². The van der Waals surface area contributed by atoms with Gasteiger partial charge in [-0.05, 0) is 111 Å². The molecule has 1 heteroatoms. The van der Waals surface area contributed by atoms with Crippen molar-refractivity contribution in [3.05, 3.63) is 0 Å². The first-order chi connectivity index (χ1) is 13.0. The third-order valence-corrected chi connectivity index (χ3v) is 10.7. The molecule has 0 spiro atoms. The van der Waals surface area contributed by atoms with Crippen molar-refractivity contribution in [1.29, 1.82) is 0 Å². The molecule has 0 bridgehead atoms. The quantitative estimate of drug-likeness (QED) is 0.486. The van der Waals surface area contributed by atoms with Crippen molar-refractivity contribution in [2.24, 2.45) is 46.3 Å². The molecule has 4 aliphatic carbocycles. The molecule has 0 amide bonds. The van der Waals surface area contributed by atoms with Crippen molar-refractivity contribution in [2.75, 3.05) is 6.61 Å². The van der Waals surface area contributed by atoms with Crippen LogP contribution in [-0.4, -0.2) is 11.7 Å². The molecule has 0 aromatic carbocycles. The van der Waals surface area contributed by atoms with E-state index in [0.717, 1.165) is 41.9 Å². The molecule has 4 rings (SSSR count). The van der Waals surface area contributed by atoms with Crippen LogP contribution in [0.3, 0.4) is 0 Å². The van der Waals surface area contributed by atoms with Crippen molar-refractivity contribution in [1.82, 2.24) is 0 Å². The van der Waals surface area contributed by atoms with E-state index in [-0.39, 0.29) is 0 Å². The highest BCUT2D eigenvalue weighted by atomic mass is 16.2. The Morgan fingerprint density at radius 2 is 1.59 bits per heavy atom. The van der Waals surface area contributed by atoms with Crippen LogP contribution >= 0.6 is 0 Å². The van der Waals surface area contributed by atoms with Gasteiger partial charge < -0.3 is 5.11 Å². The Balaban J connectivity index is 1.41. The maximum absolute atomic E-state index is 9.02. The Hall–Kier alpha value is -0.0400. The van der Waals surface area contributed by atoms with E-state index in [1.807, 2.05) is 0 Å². The van der Waals surface area contributed by atoms with E-state index < -0.39 is 0 Å². The van der Waals surface area contributed by atoms with Crippen LogP contribution in [0.5, 0.6) is 0 Å². The largest absolute Gasteiger partial charge is 0.396 e. The van der Waals surface area contributed by atoms with Gasteiger partial charge in [0.05, 0.1) is 0 Å². The molecule has 0 aromatic heterocycles. The van der Waals surface area contributed by atoms with Crippen LogP contribution in [0, 0.1) is 46.3 Å². The first kappa shape index (κ1) is 20.2. The van der Waals surface area contributed by atoms with Crippen molar-refractivity contribution >= 4 is 0 Å². The Labute approximate surface area is 169 Å². The molecular formula is C26H46O. The van der Waals surface area contributed by atoms with Crippen LogP contribution in [0.25, 0.3) is 0 Å². The summed E-state index contributed by atoms with van der Waals surface area (Å²) in [6.07, 6.45) is 20.2. The molecule has 4 saturated carbocycles. The molecule has 1 N–H and O–H groups in total. The topological polar surface area (TPSA) is 20.2 Å². The van der Waals surface area contributed by atoms with Gasteiger partial charge in [0.1, 0.15) is 0 Å². The number of aliphatic hydroxyl groups is 1. The van der Waals surface area contributed by atoms with Crippen molar-refractivity contribution in [2.45, 2.75) is 111 Å². The van der Waals surface area contributed by atoms with Crippen LogP contribution in [0.4, 0.5) is 0 Å². The fraction of sp³-hybridized carbons (Fsp3) is 1.00. The van der Waals surface area contributed by atoms with Gasteiger partial charge in [-0.2, -0.15) is 0 Å². The van der Waals surface area contributed by atoms with Crippen LogP contribution in [0.1, 0.15) is 111 Å². The molecular weight excluding hydrogens is 328 g/mol. The normalized spacial score (nSPS) is 49.3. The molecule has 1 nitrogen and oxygen atoms in total. The third-order valence-electron chi connectivity index (χ3n) is 10.7. The van der Waals surface area contributed by atoms with Crippen LogP contribution in [-0.2, 0) is 0 Å². The number of rotatable bonds is 6. The summed E-state index contributed by atoms with van der Waals surface area (Å²) >= 11 is 0. The van der Waals surface area contributed by atoms with E-state index in [1.54, 1.807) is 19.3 Å². The van der Waals surface area contributed by atoms with E-state index >= 15 is 0 Å². The molecule has 0 aromatic rings. The standard InChI is InChI=1S/C26H46O/c1-4-20-10-12-23-22-11-9-21-18-19(8-6-5-7-17-27)13-15-26(21,3)24(22)14-16-25(20,23)2/h19-24,27H,4-18H2,1-3H3/t19?,20-,21?,22-,23-,24-,25+,26-/m0/s1. The summed E-state index contributed by atoms with van der Waals surface area (Å²) in [5.74, 6) is 6.17. The van der Waals surface area contributed by atoms with E-state index in [4.69, 9.17) is 5.11 Å². The Morgan fingerprint density at radius 3 is 2.37 bits per heavy atom. The lowest BCUT2D eigenvalue weighted by molar-refractivity contribution is -0.118. The predicted molar refractivity (Wildman–Crippen MR) is 115 cm³/mol. The van der Waals surface area contributed by atoms with Gasteiger partial charge in [-0.15, -0.1) is 0 Å². The van der Waals surface area contributed by atoms with Crippen LogP contribution < -0.4 is 0 Å². The molecule has 2 unspecified atom stereocenters. The SMILES string of the molecule is CC[C@H]1CC[C@H]2[C@@H]3CCC4CC(CCCCCO)CC[C@]4(C)[C@H]3CC[C@]12C. The molecule has 27 heavy (non-hydrogen) atoms. The molecule has 0 saturated heterocycles. The summed E-state index contributed by atoms with van der Waals surface area (Å²) in [6, 6.07) is 0. The summed E-state index contributed by atoms with van der Waals surface area (Å²) in [7, 11) is 0. The highest BCUT2D eigenvalue weighted by Gasteiger charge is 2.59. The maximum Gasteiger partial charge on any atom is 0.0431 e. The zero-order valence-corrected chi connectivity index (χ0v) is 18.5. The second-order valence-corrected chi connectivity index (χ2v) is 11.6. The van der Waals surface area contributed by atoms with Crippen LogP contribution in [0.15, 0.2) is 0 Å². The van der Waals surface area contributed by atoms with Gasteiger partial charge in [0.25, 0.3) is 0 Å². The van der Waals surface area contributed by atoms with Gasteiger partial charge in [-0.3, -0.25) is 0 Å². The van der Waals surface area contributed by atoms with Crippen LogP contribution in [0.2, 0.25) is 0 Å². The minimum Gasteiger partial charge on any atom is -0.396 e. The van der Waals surface area contributed by atoms with Gasteiger partial charge in [0.15, 0.2) is 0 Å². The smallest absolute Gasteiger partial charge is 0.0431 e. The van der Waals surface area contributed by atoms with Gasteiger partial charge in [0, 0.05) is 6.61 Å². The number of aliphatic hydroxyl groups excluding tert-OH is 1. The van der Waals surface area contributed by atoms with Gasteiger partial charge in [0.2, 0.25) is 0 Å². The fourth-order valence-electron chi connectivity index (χ4n) is 9.11. The lowest BCUT2D eigenvalue weighted by atomic mass is 9.44. The summed E-state index contributed by atoms with van der Waals surface area (Å²) in [5.41, 5.74) is 1.35. The van der Waals surface area contributed by atoms with Gasteiger partial charge in [-0.25, -0.2) is 0 Å². The lowest BCUT2D eigenvalue weighted by Gasteiger charge is -2.61.